The first-order chi connectivity index (χ1) is 6.29. The average Bonchev–Trinajstić information content (AvgIpc) is 2.62. The standard InChI is InChI=1S/C9H8BrN3/c10-7-2-1-3-8(9(7)11)13-5-4-12-6-13/h1-6H,11H2. The first-order valence-electron chi connectivity index (χ1n) is 3.81. The predicted molar refractivity (Wildman–Crippen MR) is 55.7 cm³/mol. The van der Waals surface area contributed by atoms with Gasteiger partial charge in [-0.25, -0.2) is 4.98 Å². The van der Waals surface area contributed by atoms with Gasteiger partial charge in [0.15, 0.2) is 0 Å². The Morgan fingerprint density at radius 2 is 2.23 bits per heavy atom. The van der Waals surface area contributed by atoms with Crippen molar-refractivity contribution in [2.45, 2.75) is 0 Å². The Bertz CT molecular complexity index is 409. The number of para-hydroxylation sites is 1. The van der Waals surface area contributed by atoms with Gasteiger partial charge in [-0.2, -0.15) is 0 Å². The summed E-state index contributed by atoms with van der Waals surface area (Å²) in [6.45, 7) is 0. The fourth-order valence-electron chi connectivity index (χ4n) is 1.15. The zero-order valence-corrected chi connectivity index (χ0v) is 8.40. The van der Waals surface area contributed by atoms with Crippen LogP contribution in [0.15, 0.2) is 41.4 Å². The Balaban J connectivity index is 2.59. The van der Waals surface area contributed by atoms with Gasteiger partial charge in [-0.1, -0.05) is 6.07 Å². The molecule has 0 atom stereocenters. The molecule has 0 saturated heterocycles. The van der Waals surface area contributed by atoms with Crippen molar-refractivity contribution in [2.75, 3.05) is 5.73 Å². The molecule has 0 aliphatic heterocycles. The molecule has 0 aliphatic carbocycles. The van der Waals surface area contributed by atoms with Gasteiger partial charge in [0.1, 0.15) is 0 Å². The van der Waals surface area contributed by atoms with E-state index in [9.17, 15) is 0 Å². The first-order valence-corrected chi connectivity index (χ1v) is 4.60. The maximum absolute atomic E-state index is 5.88. The lowest BCUT2D eigenvalue weighted by Crippen LogP contribution is -1.97. The number of imidazole rings is 1. The van der Waals surface area contributed by atoms with E-state index < -0.39 is 0 Å². The molecule has 13 heavy (non-hydrogen) atoms. The fraction of sp³-hybridized carbons (Fsp3) is 0. The van der Waals surface area contributed by atoms with Crippen LogP contribution in [-0.2, 0) is 0 Å². The second-order valence-corrected chi connectivity index (χ2v) is 3.50. The van der Waals surface area contributed by atoms with E-state index in [2.05, 4.69) is 20.9 Å². The quantitative estimate of drug-likeness (QED) is 0.774. The molecule has 3 nitrogen and oxygen atoms in total. The van der Waals surface area contributed by atoms with Crippen LogP contribution in [0.1, 0.15) is 0 Å². The molecule has 0 spiro atoms. The molecule has 1 aromatic carbocycles. The van der Waals surface area contributed by atoms with Gasteiger partial charge in [-0.3, -0.25) is 0 Å². The minimum Gasteiger partial charge on any atom is -0.396 e. The Morgan fingerprint density at radius 3 is 2.92 bits per heavy atom. The van der Waals surface area contributed by atoms with Gasteiger partial charge in [0.25, 0.3) is 0 Å². The van der Waals surface area contributed by atoms with Gasteiger partial charge < -0.3 is 10.3 Å². The molecule has 0 saturated carbocycles. The summed E-state index contributed by atoms with van der Waals surface area (Å²) in [5.41, 5.74) is 7.54. The van der Waals surface area contributed by atoms with Gasteiger partial charge in [-0.05, 0) is 28.1 Å². The third-order valence-electron chi connectivity index (χ3n) is 1.81. The molecule has 2 N–H and O–H groups in total. The molecular formula is C9H8BrN3. The molecule has 0 bridgehead atoms. The number of nitrogens with two attached hydrogens (primary N) is 1. The molecule has 0 amide bonds. The van der Waals surface area contributed by atoms with Crippen molar-refractivity contribution in [2.24, 2.45) is 0 Å². The second kappa shape index (κ2) is 3.22. The Morgan fingerprint density at radius 1 is 1.38 bits per heavy atom. The van der Waals surface area contributed by atoms with Crippen LogP contribution >= 0.6 is 15.9 Å². The summed E-state index contributed by atoms with van der Waals surface area (Å²) in [6, 6.07) is 5.80. The van der Waals surface area contributed by atoms with E-state index in [-0.39, 0.29) is 0 Å². The monoisotopic (exact) mass is 237 g/mol. The molecule has 66 valence electrons. The number of benzene rings is 1. The molecule has 0 aliphatic rings. The minimum atomic E-state index is 0.723. The van der Waals surface area contributed by atoms with E-state index in [1.807, 2.05) is 29.0 Å². The van der Waals surface area contributed by atoms with Crippen molar-refractivity contribution in [3.05, 3.63) is 41.4 Å². The zero-order valence-electron chi connectivity index (χ0n) is 6.81. The molecular weight excluding hydrogens is 230 g/mol. The summed E-state index contributed by atoms with van der Waals surface area (Å²) in [5.74, 6) is 0. The number of anilines is 1. The van der Waals surface area contributed by atoms with Crippen LogP contribution in [-0.4, -0.2) is 9.55 Å². The summed E-state index contributed by atoms with van der Waals surface area (Å²) >= 11 is 3.37. The van der Waals surface area contributed by atoms with Crippen LogP contribution in [0.25, 0.3) is 5.69 Å². The van der Waals surface area contributed by atoms with Crippen LogP contribution in [0.4, 0.5) is 5.69 Å². The molecule has 2 rings (SSSR count). The van der Waals surface area contributed by atoms with Crippen LogP contribution in [0.5, 0.6) is 0 Å². The van der Waals surface area contributed by atoms with E-state index in [0.29, 0.717) is 0 Å². The lowest BCUT2D eigenvalue weighted by molar-refractivity contribution is 1.06. The van der Waals surface area contributed by atoms with E-state index in [1.165, 1.54) is 0 Å². The number of hydrogen-bond acceptors (Lipinski definition) is 2. The zero-order chi connectivity index (χ0) is 9.26. The summed E-state index contributed by atoms with van der Waals surface area (Å²) in [7, 11) is 0. The van der Waals surface area contributed by atoms with E-state index in [1.54, 1.807) is 12.5 Å². The summed E-state index contributed by atoms with van der Waals surface area (Å²) in [6.07, 6.45) is 5.30. The van der Waals surface area contributed by atoms with Crippen LogP contribution in [0, 0.1) is 0 Å². The van der Waals surface area contributed by atoms with Crippen molar-refractivity contribution < 1.29 is 0 Å². The van der Waals surface area contributed by atoms with Crippen molar-refractivity contribution >= 4 is 21.6 Å². The topological polar surface area (TPSA) is 43.8 Å². The van der Waals surface area contributed by atoms with E-state index in [0.717, 1.165) is 15.8 Å². The largest absolute Gasteiger partial charge is 0.396 e. The molecule has 0 radical (unpaired) electrons. The van der Waals surface area contributed by atoms with Crippen LogP contribution in [0.2, 0.25) is 0 Å². The third-order valence-corrected chi connectivity index (χ3v) is 2.50. The molecule has 2 aromatic rings. The van der Waals surface area contributed by atoms with Crippen LogP contribution in [0.3, 0.4) is 0 Å². The first kappa shape index (κ1) is 8.31. The van der Waals surface area contributed by atoms with Gasteiger partial charge >= 0.3 is 0 Å². The lowest BCUT2D eigenvalue weighted by Gasteiger charge is -2.06. The maximum atomic E-state index is 5.88. The van der Waals surface area contributed by atoms with Crippen molar-refractivity contribution in [3.63, 3.8) is 0 Å². The molecule has 0 unspecified atom stereocenters. The second-order valence-electron chi connectivity index (χ2n) is 2.64. The molecule has 1 heterocycles. The van der Waals surface area contributed by atoms with Gasteiger partial charge in [0.2, 0.25) is 0 Å². The molecule has 1 aromatic heterocycles. The summed E-state index contributed by atoms with van der Waals surface area (Å²) < 4.78 is 2.78. The normalized spacial score (nSPS) is 10.2. The Hall–Kier alpha value is -1.29. The minimum absolute atomic E-state index is 0.723. The van der Waals surface area contributed by atoms with Gasteiger partial charge in [-0.15, -0.1) is 0 Å². The Kier molecular flexibility index (Phi) is 2.06. The van der Waals surface area contributed by atoms with Gasteiger partial charge in [0, 0.05) is 16.9 Å². The maximum Gasteiger partial charge on any atom is 0.0992 e. The average molecular weight is 238 g/mol. The number of nitrogens with zero attached hydrogens (tertiary/aromatic N) is 2. The van der Waals surface area contributed by atoms with Crippen molar-refractivity contribution in [3.8, 4) is 5.69 Å². The third kappa shape index (κ3) is 1.45. The number of nitrogen functional groups attached to an aromatic ring is 1. The highest BCUT2D eigenvalue weighted by atomic mass is 79.9. The van der Waals surface area contributed by atoms with Gasteiger partial charge in [0.05, 0.1) is 17.7 Å². The number of hydrogen-bond donors (Lipinski definition) is 1. The fourth-order valence-corrected chi connectivity index (χ4v) is 1.51. The highest BCUT2D eigenvalue weighted by molar-refractivity contribution is 9.10. The summed E-state index contributed by atoms with van der Waals surface area (Å²) in [4.78, 5) is 3.96. The highest BCUT2D eigenvalue weighted by Gasteiger charge is 2.02. The number of rotatable bonds is 1. The van der Waals surface area contributed by atoms with Crippen molar-refractivity contribution in [1.82, 2.24) is 9.55 Å². The Labute approximate surface area is 84.3 Å². The summed E-state index contributed by atoms with van der Waals surface area (Å²) in [5, 5.41) is 0. The molecule has 4 heteroatoms. The predicted octanol–water partition coefficient (Wildman–Crippen LogP) is 2.22. The SMILES string of the molecule is Nc1c(Br)cccc1-n1ccnc1. The highest BCUT2D eigenvalue weighted by Crippen LogP contribution is 2.25. The molecule has 0 fully saturated rings. The number of halogens is 1. The van der Waals surface area contributed by atoms with E-state index >= 15 is 0 Å². The lowest BCUT2D eigenvalue weighted by atomic mass is 10.3. The number of aromatic nitrogens is 2. The smallest absolute Gasteiger partial charge is 0.0992 e. The van der Waals surface area contributed by atoms with Crippen LogP contribution < -0.4 is 5.73 Å². The van der Waals surface area contributed by atoms with Crippen molar-refractivity contribution in [1.29, 1.82) is 0 Å². The van der Waals surface area contributed by atoms with E-state index in [4.69, 9.17) is 5.73 Å².